The van der Waals surface area contributed by atoms with Crippen LogP contribution in [-0.2, 0) is 0 Å². The third kappa shape index (κ3) is 4.02. The number of aromatic nitrogens is 3. The van der Waals surface area contributed by atoms with E-state index in [4.69, 9.17) is 0 Å². The van der Waals surface area contributed by atoms with Crippen LogP contribution < -0.4 is 0 Å². The van der Waals surface area contributed by atoms with E-state index < -0.39 is 0 Å². The zero-order chi connectivity index (χ0) is 17.5. The van der Waals surface area contributed by atoms with Crippen molar-refractivity contribution in [2.45, 2.75) is 47.1 Å². The number of allylic oxidation sites excluding steroid dienone is 4. The van der Waals surface area contributed by atoms with Gasteiger partial charge in [0.1, 0.15) is 0 Å². The largest absolute Gasteiger partial charge is 0.330 e. The van der Waals surface area contributed by atoms with Gasteiger partial charge in [0, 0.05) is 18.6 Å². The standard InChI is InChI=1S/C17H17N3.2C2H6/c1-12(20-7-6-18-11-20)15-4-5-17(19-10-15)14-3-2-13-8-16(13)9-14;2*1-2/h2-7,9-13,16H,8H2,1H3;2*1-2H3. The number of pyridine rings is 1. The topological polar surface area (TPSA) is 30.7 Å². The summed E-state index contributed by atoms with van der Waals surface area (Å²) in [4.78, 5) is 8.73. The third-order valence-electron chi connectivity index (χ3n) is 4.34. The molecule has 2 aliphatic carbocycles. The zero-order valence-electron chi connectivity index (χ0n) is 15.5. The molecule has 0 aliphatic heterocycles. The predicted octanol–water partition coefficient (Wildman–Crippen LogP) is 5.53. The summed E-state index contributed by atoms with van der Waals surface area (Å²) in [5.41, 5.74) is 3.55. The van der Waals surface area contributed by atoms with Crippen LogP contribution in [-0.4, -0.2) is 14.5 Å². The second-order valence-electron chi connectivity index (χ2n) is 5.71. The first-order valence-electron chi connectivity index (χ1n) is 9.15. The second-order valence-corrected chi connectivity index (χ2v) is 5.71. The van der Waals surface area contributed by atoms with Gasteiger partial charge in [0.05, 0.1) is 18.1 Å². The van der Waals surface area contributed by atoms with Gasteiger partial charge in [-0.25, -0.2) is 4.98 Å². The maximum absolute atomic E-state index is 4.63. The fourth-order valence-corrected chi connectivity index (χ4v) is 2.83. The highest BCUT2D eigenvalue weighted by molar-refractivity contribution is 5.73. The molecule has 2 heterocycles. The Morgan fingerprint density at radius 2 is 1.92 bits per heavy atom. The van der Waals surface area contributed by atoms with Crippen LogP contribution in [0, 0.1) is 11.8 Å². The number of fused-ring (bicyclic) bond motifs is 1. The Labute approximate surface area is 146 Å². The van der Waals surface area contributed by atoms with E-state index in [9.17, 15) is 0 Å². The summed E-state index contributed by atoms with van der Waals surface area (Å²) in [7, 11) is 0. The van der Waals surface area contributed by atoms with Crippen LogP contribution in [0.2, 0.25) is 0 Å². The molecule has 2 aromatic heterocycles. The molecule has 0 radical (unpaired) electrons. The van der Waals surface area contributed by atoms with Crippen molar-refractivity contribution < 1.29 is 0 Å². The van der Waals surface area contributed by atoms with Crippen molar-refractivity contribution >= 4 is 5.57 Å². The molecule has 3 atom stereocenters. The van der Waals surface area contributed by atoms with Crippen LogP contribution in [0.4, 0.5) is 0 Å². The molecule has 1 fully saturated rings. The summed E-state index contributed by atoms with van der Waals surface area (Å²) in [6, 6.07) is 4.56. The number of hydrogen-bond acceptors (Lipinski definition) is 2. The Bertz CT molecular complexity index is 666. The summed E-state index contributed by atoms with van der Waals surface area (Å²) >= 11 is 0. The summed E-state index contributed by atoms with van der Waals surface area (Å²) in [5.74, 6) is 1.57. The van der Waals surface area contributed by atoms with Gasteiger partial charge in [0.15, 0.2) is 0 Å². The Morgan fingerprint density at radius 1 is 1.12 bits per heavy atom. The summed E-state index contributed by atoms with van der Waals surface area (Å²) < 4.78 is 2.09. The lowest BCUT2D eigenvalue weighted by molar-refractivity contribution is 0.636. The van der Waals surface area contributed by atoms with Crippen molar-refractivity contribution in [2.24, 2.45) is 11.8 Å². The quantitative estimate of drug-likeness (QED) is 0.743. The molecule has 0 spiro atoms. The van der Waals surface area contributed by atoms with Crippen LogP contribution in [0.1, 0.15) is 58.3 Å². The van der Waals surface area contributed by atoms with Crippen molar-refractivity contribution in [3.63, 3.8) is 0 Å². The Balaban J connectivity index is 0.000000487. The van der Waals surface area contributed by atoms with Gasteiger partial charge >= 0.3 is 0 Å². The van der Waals surface area contributed by atoms with Crippen molar-refractivity contribution in [3.05, 3.63) is 66.5 Å². The smallest absolute Gasteiger partial charge is 0.0951 e. The molecule has 3 nitrogen and oxygen atoms in total. The van der Waals surface area contributed by atoms with E-state index in [0.29, 0.717) is 0 Å². The van der Waals surface area contributed by atoms with Gasteiger partial charge in [-0.3, -0.25) is 4.98 Å². The highest BCUT2D eigenvalue weighted by atomic mass is 15.0. The summed E-state index contributed by atoms with van der Waals surface area (Å²) in [6.07, 6.45) is 15.8. The minimum absolute atomic E-state index is 0.266. The number of imidazole rings is 1. The maximum Gasteiger partial charge on any atom is 0.0951 e. The normalized spacial score (nSPS) is 21.3. The molecule has 2 aromatic rings. The zero-order valence-corrected chi connectivity index (χ0v) is 15.5. The second kappa shape index (κ2) is 8.62. The molecule has 1 saturated carbocycles. The van der Waals surface area contributed by atoms with E-state index in [1.807, 2.05) is 52.6 Å². The molecule has 0 aromatic carbocycles. The molecule has 3 heteroatoms. The molecule has 0 N–H and O–H groups in total. The molecule has 2 aliphatic rings. The van der Waals surface area contributed by atoms with Crippen molar-refractivity contribution in [1.29, 1.82) is 0 Å². The number of nitrogens with zero attached hydrogens (tertiary/aromatic N) is 3. The van der Waals surface area contributed by atoms with Crippen LogP contribution in [0.3, 0.4) is 0 Å². The van der Waals surface area contributed by atoms with Crippen molar-refractivity contribution in [1.82, 2.24) is 14.5 Å². The first-order chi connectivity index (χ1) is 11.8. The van der Waals surface area contributed by atoms with E-state index >= 15 is 0 Å². The molecule has 24 heavy (non-hydrogen) atoms. The van der Waals surface area contributed by atoms with E-state index in [-0.39, 0.29) is 6.04 Å². The predicted molar refractivity (Wildman–Crippen MR) is 102 cm³/mol. The molecular weight excluding hydrogens is 294 g/mol. The van der Waals surface area contributed by atoms with Crippen molar-refractivity contribution in [2.75, 3.05) is 0 Å². The number of hydrogen-bond donors (Lipinski definition) is 0. The highest BCUT2D eigenvalue weighted by Gasteiger charge is 2.35. The molecular formula is C21H29N3. The van der Waals surface area contributed by atoms with Gasteiger partial charge in [-0.2, -0.15) is 0 Å². The van der Waals surface area contributed by atoms with Gasteiger partial charge in [-0.05, 0) is 42.4 Å². The molecule has 4 rings (SSSR count). The fraction of sp³-hybridized carbons (Fsp3) is 0.429. The van der Waals surface area contributed by atoms with E-state index in [1.165, 1.54) is 17.6 Å². The summed E-state index contributed by atoms with van der Waals surface area (Å²) in [6.45, 7) is 10.2. The maximum atomic E-state index is 4.63. The van der Waals surface area contributed by atoms with E-state index in [0.717, 1.165) is 17.5 Å². The molecule has 3 unspecified atom stereocenters. The fourth-order valence-electron chi connectivity index (χ4n) is 2.83. The van der Waals surface area contributed by atoms with Gasteiger partial charge in [0.2, 0.25) is 0 Å². The summed E-state index contributed by atoms with van der Waals surface area (Å²) in [5, 5.41) is 0. The average Bonchev–Trinajstić information content (AvgIpc) is 3.24. The Hall–Kier alpha value is -2.16. The molecule has 128 valence electrons. The molecule has 0 bridgehead atoms. The lowest BCUT2D eigenvalue weighted by atomic mass is 10.0. The Kier molecular flexibility index (Phi) is 6.53. The van der Waals surface area contributed by atoms with Crippen molar-refractivity contribution in [3.8, 4) is 0 Å². The molecule has 0 amide bonds. The first-order valence-corrected chi connectivity index (χ1v) is 9.15. The highest BCUT2D eigenvalue weighted by Crippen LogP contribution is 2.45. The average molecular weight is 323 g/mol. The number of rotatable bonds is 3. The molecule has 0 saturated heterocycles. The van der Waals surface area contributed by atoms with E-state index in [1.54, 1.807) is 0 Å². The minimum atomic E-state index is 0.266. The third-order valence-corrected chi connectivity index (χ3v) is 4.34. The van der Waals surface area contributed by atoms with Crippen LogP contribution in [0.5, 0.6) is 0 Å². The van der Waals surface area contributed by atoms with Gasteiger partial charge in [-0.15, -0.1) is 0 Å². The van der Waals surface area contributed by atoms with Gasteiger partial charge < -0.3 is 4.57 Å². The lowest BCUT2D eigenvalue weighted by Gasteiger charge is -2.14. The van der Waals surface area contributed by atoms with Gasteiger partial charge in [-0.1, -0.05) is 52.0 Å². The van der Waals surface area contributed by atoms with Crippen LogP contribution in [0.25, 0.3) is 5.57 Å². The monoisotopic (exact) mass is 323 g/mol. The van der Waals surface area contributed by atoms with Crippen LogP contribution in [0.15, 0.2) is 55.3 Å². The van der Waals surface area contributed by atoms with Gasteiger partial charge in [0.25, 0.3) is 0 Å². The van der Waals surface area contributed by atoms with E-state index in [2.05, 4.69) is 51.8 Å². The van der Waals surface area contributed by atoms with Crippen LogP contribution >= 0.6 is 0 Å². The Morgan fingerprint density at radius 3 is 2.50 bits per heavy atom. The SMILES string of the molecule is CC.CC.CC(c1ccc(C2=CC3CC3C=C2)nc1)n1ccnc1. The first kappa shape index (κ1) is 18.2. The minimum Gasteiger partial charge on any atom is -0.330 e. The lowest BCUT2D eigenvalue weighted by Crippen LogP contribution is -2.05.